The third kappa shape index (κ3) is 2.70. The molecule has 2 aromatic carbocycles. The molecule has 1 aromatic heterocycles. The van der Waals surface area contributed by atoms with Gasteiger partial charge in [0.05, 0.1) is 22.5 Å². The van der Waals surface area contributed by atoms with Crippen LogP contribution in [0.2, 0.25) is 5.02 Å². The second-order valence-corrected chi connectivity index (χ2v) is 12.0. The Bertz CT molecular complexity index is 1350. The molecule has 8 heteroatoms. The Hall–Kier alpha value is -2.35. The fourth-order valence-corrected chi connectivity index (χ4v) is 9.91. The average Bonchev–Trinajstić information content (AvgIpc) is 3.54. The van der Waals surface area contributed by atoms with Gasteiger partial charge in [-0.2, -0.15) is 0 Å². The van der Waals surface area contributed by atoms with Crippen molar-refractivity contribution in [2.24, 2.45) is 29.6 Å². The van der Waals surface area contributed by atoms with Gasteiger partial charge in [0.2, 0.25) is 11.8 Å². The van der Waals surface area contributed by atoms with Crippen LogP contribution in [0.25, 0.3) is 0 Å². The topological polar surface area (TPSA) is 70.2 Å². The van der Waals surface area contributed by atoms with Gasteiger partial charge in [0.15, 0.2) is 0 Å². The molecule has 3 aromatic rings. The molecule has 7 atom stereocenters. The van der Waals surface area contributed by atoms with Crippen molar-refractivity contribution in [3.63, 3.8) is 0 Å². The molecule has 1 N–H and O–H groups in total. The molecular formula is C25H19ClN2O3S2. The quantitative estimate of drug-likeness (QED) is 0.521. The molecule has 5 nitrogen and oxygen atoms in total. The molecule has 4 aliphatic rings. The largest absolute Gasteiger partial charge is 0.307 e. The van der Waals surface area contributed by atoms with Crippen LogP contribution in [0.1, 0.15) is 22.8 Å². The van der Waals surface area contributed by atoms with E-state index in [0.717, 1.165) is 21.9 Å². The molecule has 5 unspecified atom stereocenters. The van der Waals surface area contributed by atoms with Crippen LogP contribution in [0, 0.1) is 29.6 Å². The first kappa shape index (κ1) is 20.1. The number of anilines is 1. The molecule has 2 aliphatic heterocycles. The molecule has 0 radical (unpaired) electrons. The van der Waals surface area contributed by atoms with E-state index in [1.165, 1.54) is 16.2 Å². The van der Waals surface area contributed by atoms with Crippen molar-refractivity contribution in [1.82, 2.24) is 4.98 Å². The monoisotopic (exact) mass is 494 g/mol. The summed E-state index contributed by atoms with van der Waals surface area (Å²) in [4.78, 5) is 44.9. The minimum absolute atomic E-state index is 0.0251. The van der Waals surface area contributed by atoms with Crippen LogP contribution in [0.4, 0.5) is 5.69 Å². The number of imide groups is 1. The van der Waals surface area contributed by atoms with E-state index in [1.54, 1.807) is 11.8 Å². The molecule has 166 valence electrons. The highest BCUT2D eigenvalue weighted by molar-refractivity contribution is 8.00. The second-order valence-electron chi connectivity index (χ2n) is 9.36. The number of aromatic amines is 1. The molecule has 7 rings (SSSR count). The number of aromatic nitrogens is 1. The molecule has 33 heavy (non-hydrogen) atoms. The van der Waals surface area contributed by atoms with Gasteiger partial charge in [-0.15, -0.1) is 11.8 Å². The van der Waals surface area contributed by atoms with Gasteiger partial charge >= 0.3 is 4.87 Å². The highest BCUT2D eigenvalue weighted by atomic mass is 35.5. The van der Waals surface area contributed by atoms with Gasteiger partial charge in [0.1, 0.15) is 0 Å². The SMILES string of the molecule is O=C1C2C(C(=O)N1c1ccccc1)[C@@H]1C[C@H]2C2Sc3[nH]c(=O)sc3C(c3ccc(Cl)cc3)C21. The van der Waals surface area contributed by atoms with Crippen LogP contribution in [0.15, 0.2) is 64.4 Å². The summed E-state index contributed by atoms with van der Waals surface area (Å²) in [6.45, 7) is 0. The van der Waals surface area contributed by atoms with Crippen molar-refractivity contribution < 1.29 is 9.59 Å². The molecular weight excluding hydrogens is 476 g/mol. The first-order valence-corrected chi connectivity index (χ1v) is 13.2. The number of H-pyrrole nitrogens is 1. The number of hydrogen-bond donors (Lipinski definition) is 1. The van der Waals surface area contributed by atoms with Crippen molar-refractivity contribution in [2.45, 2.75) is 22.6 Å². The van der Waals surface area contributed by atoms with Crippen molar-refractivity contribution in [3.05, 3.63) is 79.7 Å². The Labute approximate surface area is 203 Å². The van der Waals surface area contributed by atoms with Gasteiger partial charge in [0.25, 0.3) is 0 Å². The van der Waals surface area contributed by atoms with Crippen molar-refractivity contribution >= 4 is 52.2 Å². The number of benzene rings is 2. The Morgan fingerprint density at radius 3 is 2.33 bits per heavy atom. The fraction of sp³-hybridized carbons (Fsp3) is 0.320. The molecule has 0 spiro atoms. The van der Waals surface area contributed by atoms with Crippen molar-refractivity contribution in [1.29, 1.82) is 0 Å². The summed E-state index contributed by atoms with van der Waals surface area (Å²) < 4.78 is 0. The average molecular weight is 495 g/mol. The highest BCUT2D eigenvalue weighted by Crippen LogP contribution is 2.68. The highest BCUT2D eigenvalue weighted by Gasteiger charge is 2.69. The summed E-state index contributed by atoms with van der Waals surface area (Å²) in [5, 5.41) is 1.79. The maximum atomic E-state index is 13.6. The number of thioether (sulfide) groups is 1. The number of hydrogen-bond acceptors (Lipinski definition) is 5. The van der Waals surface area contributed by atoms with E-state index >= 15 is 0 Å². The number of halogens is 1. The number of amides is 2. The zero-order valence-corrected chi connectivity index (χ0v) is 19.7. The number of thiazole rings is 1. The van der Waals surface area contributed by atoms with Gasteiger partial charge in [-0.05, 0) is 54.0 Å². The molecule has 1 saturated heterocycles. The summed E-state index contributed by atoms with van der Waals surface area (Å²) in [6.07, 6.45) is 0.890. The summed E-state index contributed by atoms with van der Waals surface area (Å²) in [5.41, 5.74) is 1.78. The molecule has 2 amide bonds. The van der Waals surface area contributed by atoms with E-state index in [0.29, 0.717) is 10.7 Å². The lowest BCUT2D eigenvalue weighted by molar-refractivity contribution is -0.123. The number of carbonyl (C=O) groups excluding carboxylic acids is 2. The zero-order chi connectivity index (χ0) is 22.4. The van der Waals surface area contributed by atoms with Crippen LogP contribution in [0.5, 0.6) is 0 Å². The van der Waals surface area contributed by atoms with Crippen LogP contribution >= 0.6 is 34.7 Å². The van der Waals surface area contributed by atoms with Crippen LogP contribution in [-0.4, -0.2) is 22.0 Å². The summed E-state index contributed by atoms with van der Waals surface area (Å²) in [7, 11) is 0. The third-order valence-corrected chi connectivity index (χ3v) is 10.8. The number of para-hydroxylation sites is 1. The standard InChI is InChI=1S/C25H19ClN2O3S2/c26-12-8-6-11(7-9-12)16-17-14-10-15(20(17)32-22-21(16)33-25(31)27-22)19-18(14)23(29)28(24(19)30)13-4-2-1-3-5-13/h1-9,14-20H,10H2,(H,27,31)/t14-,15-,16?,17?,18?,19?,20?/m1/s1. The Morgan fingerprint density at radius 1 is 0.909 bits per heavy atom. The second kappa shape index (κ2) is 7.08. The van der Waals surface area contributed by atoms with E-state index in [-0.39, 0.29) is 57.4 Å². The molecule has 2 bridgehead atoms. The zero-order valence-electron chi connectivity index (χ0n) is 17.3. The Kier molecular flexibility index (Phi) is 4.30. The lowest BCUT2D eigenvalue weighted by atomic mass is 9.68. The maximum Gasteiger partial charge on any atom is 0.305 e. The summed E-state index contributed by atoms with van der Waals surface area (Å²) >= 11 is 9.15. The van der Waals surface area contributed by atoms with Gasteiger partial charge in [-0.3, -0.25) is 19.3 Å². The summed E-state index contributed by atoms with van der Waals surface area (Å²) in [6, 6.07) is 17.1. The molecule has 3 heterocycles. The summed E-state index contributed by atoms with van der Waals surface area (Å²) in [5.74, 6) is -0.192. The fourth-order valence-electron chi connectivity index (χ4n) is 6.89. The van der Waals surface area contributed by atoms with Gasteiger partial charge in [-0.25, -0.2) is 0 Å². The lowest BCUT2D eigenvalue weighted by Gasteiger charge is -2.43. The third-order valence-electron chi connectivity index (χ3n) is 7.97. The van der Waals surface area contributed by atoms with E-state index < -0.39 is 0 Å². The molecule has 3 fully saturated rings. The number of nitrogens with zero attached hydrogens (tertiary/aromatic N) is 1. The Balaban J connectivity index is 1.34. The normalized spacial score (nSPS) is 33.8. The Morgan fingerprint density at radius 2 is 1.61 bits per heavy atom. The first-order valence-electron chi connectivity index (χ1n) is 11.1. The minimum Gasteiger partial charge on any atom is -0.307 e. The molecule has 2 saturated carbocycles. The van der Waals surface area contributed by atoms with Crippen LogP contribution < -0.4 is 9.77 Å². The predicted molar refractivity (Wildman–Crippen MR) is 129 cm³/mol. The minimum atomic E-state index is -0.281. The number of fused-ring (bicyclic) bond motifs is 9. The van der Waals surface area contributed by atoms with Crippen molar-refractivity contribution in [3.8, 4) is 0 Å². The predicted octanol–water partition coefficient (Wildman–Crippen LogP) is 4.77. The van der Waals surface area contributed by atoms with E-state index in [9.17, 15) is 14.4 Å². The maximum absolute atomic E-state index is 13.6. The smallest absolute Gasteiger partial charge is 0.305 e. The van der Waals surface area contributed by atoms with Crippen LogP contribution in [0.3, 0.4) is 0 Å². The van der Waals surface area contributed by atoms with E-state index in [4.69, 9.17) is 11.6 Å². The van der Waals surface area contributed by atoms with Gasteiger partial charge in [-0.1, -0.05) is 53.3 Å². The van der Waals surface area contributed by atoms with Gasteiger partial charge < -0.3 is 4.98 Å². The number of carbonyl (C=O) groups is 2. The van der Waals surface area contributed by atoms with Crippen LogP contribution in [-0.2, 0) is 9.59 Å². The number of nitrogens with one attached hydrogen (secondary N) is 1. The lowest BCUT2D eigenvalue weighted by Crippen LogP contribution is -2.42. The van der Waals surface area contributed by atoms with Crippen molar-refractivity contribution in [2.75, 3.05) is 4.90 Å². The molecule has 2 aliphatic carbocycles. The van der Waals surface area contributed by atoms with Gasteiger partial charge in [0, 0.05) is 21.1 Å². The number of rotatable bonds is 2. The van der Waals surface area contributed by atoms with E-state index in [2.05, 4.69) is 4.98 Å². The van der Waals surface area contributed by atoms with E-state index in [1.807, 2.05) is 54.6 Å². The first-order chi connectivity index (χ1) is 16.0.